The highest BCUT2D eigenvalue weighted by atomic mass is 16.5. The molecule has 0 saturated carbocycles. The normalized spacial score (nSPS) is 18.5. The van der Waals surface area contributed by atoms with Crippen LogP contribution in [-0.4, -0.2) is 16.2 Å². The number of ether oxygens (including phenoxy) is 2. The third kappa shape index (κ3) is 2.97. The number of hydrogen-bond acceptors (Lipinski definition) is 3. The lowest BCUT2D eigenvalue weighted by molar-refractivity contribution is 0.0517. The molecule has 22 heavy (non-hydrogen) atoms. The van der Waals surface area contributed by atoms with Gasteiger partial charge in [-0.2, -0.15) is 0 Å². The number of benzene rings is 1. The Bertz CT molecular complexity index is 758. The average Bonchev–Trinajstić information content (AvgIpc) is 3.18. The van der Waals surface area contributed by atoms with Gasteiger partial charge >= 0.3 is 0 Å². The molecule has 0 amide bonds. The number of nitrogens with zero attached hydrogens (tertiary/aromatic N) is 2. The number of aromatic nitrogens is 2. The van der Waals surface area contributed by atoms with E-state index in [1.807, 2.05) is 30.5 Å². The van der Waals surface area contributed by atoms with Gasteiger partial charge in [0, 0.05) is 24.2 Å². The summed E-state index contributed by atoms with van der Waals surface area (Å²) in [7, 11) is 0. The molecule has 1 aliphatic heterocycles. The fraction of sp³-hybridized carbons (Fsp3) is 0.278. The molecule has 2 heterocycles. The van der Waals surface area contributed by atoms with E-state index < -0.39 is 0 Å². The van der Waals surface area contributed by atoms with Crippen LogP contribution in [0.3, 0.4) is 0 Å². The van der Waals surface area contributed by atoms with Gasteiger partial charge in [0.05, 0.1) is 0 Å². The van der Waals surface area contributed by atoms with Crippen LogP contribution in [0.4, 0.5) is 0 Å². The van der Waals surface area contributed by atoms with Crippen LogP contribution in [0.15, 0.2) is 43.2 Å². The van der Waals surface area contributed by atoms with Crippen LogP contribution in [0, 0.1) is 0 Å². The van der Waals surface area contributed by atoms with E-state index in [2.05, 4.69) is 22.7 Å². The summed E-state index contributed by atoms with van der Waals surface area (Å²) >= 11 is 0. The molecule has 1 unspecified atom stereocenters. The summed E-state index contributed by atoms with van der Waals surface area (Å²) in [5.41, 5.74) is 0. The van der Waals surface area contributed by atoms with Crippen molar-refractivity contribution in [2.45, 2.75) is 25.7 Å². The summed E-state index contributed by atoms with van der Waals surface area (Å²) in [4.78, 5) is 4.39. The Balaban J connectivity index is 1.81. The van der Waals surface area contributed by atoms with Gasteiger partial charge in [-0.05, 0) is 24.1 Å². The Morgan fingerprint density at radius 1 is 1.45 bits per heavy atom. The molecule has 1 saturated heterocycles. The number of allylic oxidation sites excluding steroid dienone is 1. The maximum Gasteiger partial charge on any atom is 0.148 e. The van der Waals surface area contributed by atoms with Crippen molar-refractivity contribution in [3.05, 3.63) is 59.5 Å². The van der Waals surface area contributed by atoms with E-state index in [0.717, 1.165) is 41.5 Å². The lowest BCUT2D eigenvalue weighted by Crippen LogP contribution is -2.25. The zero-order valence-corrected chi connectivity index (χ0v) is 12.6. The smallest absolute Gasteiger partial charge is 0.148 e. The molecule has 1 aromatic carbocycles. The molecule has 0 aliphatic carbocycles. The number of hydrogen-bond donors (Lipinski definition) is 0. The van der Waals surface area contributed by atoms with Gasteiger partial charge in [-0.25, -0.2) is 4.98 Å². The van der Waals surface area contributed by atoms with E-state index in [-0.39, 0.29) is 6.23 Å². The van der Waals surface area contributed by atoms with E-state index >= 15 is 0 Å². The second-order valence-corrected chi connectivity index (χ2v) is 5.24. The molecule has 2 aromatic rings. The van der Waals surface area contributed by atoms with Crippen LogP contribution in [0.2, 0.25) is 0 Å². The highest BCUT2D eigenvalue weighted by Gasteiger charge is 2.19. The quantitative estimate of drug-likeness (QED) is 0.848. The second kappa shape index (κ2) is 6.62. The molecule has 0 N–H and O–H groups in total. The van der Waals surface area contributed by atoms with Gasteiger partial charge in [0.15, 0.2) is 0 Å². The summed E-state index contributed by atoms with van der Waals surface area (Å²) in [5, 5.41) is 1.87. The molecule has 4 nitrogen and oxygen atoms in total. The number of rotatable bonds is 5. The molecule has 1 fully saturated rings. The first-order valence-corrected chi connectivity index (χ1v) is 7.46. The largest absolute Gasteiger partial charge is 0.485 e. The minimum absolute atomic E-state index is 0.0829. The van der Waals surface area contributed by atoms with Crippen molar-refractivity contribution in [3.63, 3.8) is 0 Å². The topological polar surface area (TPSA) is 36.3 Å². The average molecular weight is 296 g/mol. The summed E-state index contributed by atoms with van der Waals surface area (Å²) in [5.74, 6) is 1.65. The summed E-state index contributed by atoms with van der Waals surface area (Å²) < 4.78 is 13.7. The first-order chi connectivity index (χ1) is 10.8. The van der Waals surface area contributed by atoms with Crippen molar-refractivity contribution in [1.82, 2.24) is 9.55 Å². The van der Waals surface area contributed by atoms with E-state index in [4.69, 9.17) is 9.47 Å². The van der Waals surface area contributed by atoms with Gasteiger partial charge in [-0.1, -0.05) is 37.4 Å². The molecule has 1 atom stereocenters. The van der Waals surface area contributed by atoms with Crippen molar-refractivity contribution >= 4 is 12.7 Å². The molecule has 0 spiro atoms. The van der Waals surface area contributed by atoms with Crippen LogP contribution in [0.1, 0.15) is 24.9 Å². The predicted molar refractivity (Wildman–Crippen MR) is 86.7 cm³/mol. The molecule has 4 heteroatoms. The third-order valence-corrected chi connectivity index (χ3v) is 3.76. The fourth-order valence-electron chi connectivity index (χ4n) is 2.66. The Kier molecular flexibility index (Phi) is 4.39. The summed E-state index contributed by atoms with van der Waals surface area (Å²) in [6.07, 6.45) is 9.57. The zero-order chi connectivity index (χ0) is 15.4. The first kappa shape index (κ1) is 14.6. The standard InChI is InChI=1S/C18H20N2O2/c1-3-6-15-14(2)7-4-8-16(15)22-13-17-19-10-11-20(17)18-9-5-12-21-18/h3-4,6-8,10-11,18H,1-2,5,9,12-13H2. The third-order valence-electron chi connectivity index (χ3n) is 3.76. The van der Waals surface area contributed by atoms with Crippen molar-refractivity contribution in [1.29, 1.82) is 0 Å². The highest BCUT2D eigenvalue weighted by molar-refractivity contribution is 5.42. The van der Waals surface area contributed by atoms with Gasteiger partial charge in [0.25, 0.3) is 0 Å². The SMILES string of the molecule is C=CC=c1c(OCc2nccn2C2CCCO2)cccc1=C. The van der Waals surface area contributed by atoms with E-state index in [9.17, 15) is 0 Å². The Morgan fingerprint density at radius 3 is 3.14 bits per heavy atom. The Labute approximate surface area is 130 Å². The van der Waals surface area contributed by atoms with Crippen LogP contribution in [0.5, 0.6) is 5.75 Å². The second-order valence-electron chi connectivity index (χ2n) is 5.24. The van der Waals surface area contributed by atoms with Crippen molar-refractivity contribution in [2.75, 3.05) is 6.61 Å². The minimum Gasteiger partial charge on any atom is -0.485 e. The molecule has 0 bridgehead atoms. The van der Waals surface area contributed by atoms with Crippen LogP contribution in [-0.2, 0) is 11.3 Å². The lowest BCUT2D eigenvalue weighted by Gasteiger charge is -2.15. The summed E-state index contributed by atoms with van der Waals surface area (Å²) in [6, 6.07) is 5.82. The Hall–Kier alpha value is -2.33. The van der Waals surface area contributed by atoms with E-state index in [1.165, 1.54) is 0 Å². The molecule has 1 aromatic heterocycles. The molecule has 1 aliphatic rings. The monoisotopic (exact) mass is 296 g/mol. The molecular weight excluding hydrogens is 276 g/mol. The lowest BCUT2D eigenvalue weighted by atomic mass is 10.2. The van der Waals surface area contributed by atoms with Gasteiger partial charge in [-0.15, -0.1) is 0 Å². The van der Waals surface area contributed by atoms with Crippen molar-refractivity contribution in [3.8, 4) is 5.75 Å². The first-order valence-electron chi connectivity index (χ1n) is 7.46. The van der Waals surface area contributed by atoms with Crippen LogP contribution in [0.25, 0.3) is 12.7 Å². The number of imidazole rings is 1. The minimum atomic E-state index is 0.0829. The van der Waals surface area contributed by atoms with Crippen LogP contribution < -0.4 is 15.2 Å². The van der Waals surface area contributed by atoms with E-state index in [1.54, 1.807) is 12.3 Å². The van der Waals surface area contributed by atoms with E-state index in [0.29, 0.717) is 6.61 Å². The maximum atomic E-state index is 5.96. The molecule has 0 radical (unpaired) electrons. The summed E-state index contributed by atoms with van der Waals surface area (Å²) in [6.45, 7) is 8.98. The van der Waals surface area contributed by atoms with Gasteiger partial charge in [0.2, 0.25) is 0 Å². The zero-order valence-electron chi connectivity index (χ0n) is 12.6. The van der Waals surface area contributed by atoms with Gasteiger partial charge in [-0.3, -0.25) is 0 Å². The van der Waals surface area contributed by atoms with Crippen molar-refractivity contribution in [2.24, 2.45) is 0 Å². The Morgan fingerprint density at radius 2 is 2.36 bits per heavy atom. The fourth-order valence-corrected chi connectivity index (χ4v) is 2.66. The maximum absolute atomic E-state index is 5.96. The molecule has 3 rings (SSSR count). The van der Waals surface area contributed by atoms with Crippen molar-refractivity contribution < 1.29 is 9.47 Å². The molecular formula is C18H20N2O2. The predicted octanol–water partition coefficient (Wildman–Crippen LogP) is 2.15. The molecule has 114 valence electrons. The van der Waals surface area contributed by atoms with Gasteiger partial charge in [0.1, 0.15) is 24.4 Å². The van der Waals surface area contributed by atoms with Gasteiger partial charge < -0.3 is 14.0 Å². The van der Waals surface area contributed by atoms with Crippen LogP contribution >= 0.6 is 0 Å². The highest BCUT2D eigenvalue weighted by Crippen LogP contribution is 2.24.